The van der Waals surface area contributed by atoms with Crippen molar-refractivity contribution in [3.63, 3.8) is 0 Å². The molecule has 1 aliphatic heterocycles. The van der Waals surface area contributed by atoms with Crippen molar-refractivity contribution in [2.45, 2.75) is 6.17 Å². The van der Waals surface area contributed by atoms with Gasteiger partial charge in [0.05, 0.1) is 11.4 Å². The van der Waals surface area contributed by atoms with Crippen LogP contribution in [0.3, 0.4) is 0 Å². The van der Waals surface area contributed by atoms with E-state index in [4.69, 9.17) is 20.0 Å². The fourth-order valence-electron chi connectivity index (χ4n) is 8.35. The van der Waals surface area contributed by atoms with E-state index in [-0.39, 0.29) is 6.17 Å². The second kappa shape index (κ2) is 15.1. The largest absolute Gasteiger partial charge is 0.344 e. The van der Waals surface area contributed by atoms with E-state index < -0.39 is 0 Å². The summed E-state index contributed by atoms with van der Waals surface area (Å²) in [6.45, 7) is 0. The van der Waals surface area contributed by atoms with E-state index >= 15 is 0 Å². The highest BCUT2D eigenvalue weighted by Gasteiger charge is 2.25. The number of aliphatic imine (C=N–C) groups is 2. The molecule has 0 amide bonds. The van der Waals surface area contributed by atoms with E-state index in [2.05, 4.69) is 175 Å². The zero-order chi connectivity index (χ0) is 39.8. The first-order valence-corrected chi connectivity index (χ1v) is 20.2. The highest BCUT2D eigenvalue weighted by atomic mass is 15.2. The van der Waals surface area contributed by atoms with Gasteiger partial charge in [0.2, 0.25) is 0 Å². The average molecular weight is 768 g/mol. The van der Waals surface area contributed by atoms with Crippen LogP contribution in [0.1, 0.15) is 22.9 Å². The van der Waals surface area contributed by atoms with Gasteiger partial charge in [-0.1, -0.05) is 200 Å². The standard InChI is InChI=1S/C55H37N5/c1-4-16-38(17-5-1)49-35-50(44-31-32-46-43(34-44)29-24-36-14-10-12-22-45(36)46)57-52(56-49)42-27-25-39(26-28-42)51-47-23-13-11-15-37(47)30-33-48(51)55-59-53(40-18-6-2-7-19-40)58-54(60-55)41-20-8-3-9-21-41/h1-35,55H,(H,58,59,60). The first-order valence-electron chi connectivity index (χ1n) is 20.2. The van der Waals surface area contributed by atoms with Gasteiger partial charge in [-0.25, -0.2) is 20.0 Å². The quantitative estimate of drug-likeness (QED) is 0.164. The number of amidine groups is 2. The molecule has 11 rings (SSSR count). The van der Waals surface area contributed by atoms with Gasteiger partial charge in [0, 0.05) is 33.4 Å². The molecule has 5 nitrogen and oxygen atoms in total. The molecule has 60 heavy (non-hydrogen) atoms. The van der Waals surface area contributed by atoms with Crippen molar-refractivity contribution >= 4 is 44.0 Å². The van der Waals surface area contributed by atoms with E-state index in [0.717, 1.165) is 72.5 Å². The van der Waals surface area contributed by atoms with Gasteiger partial charge in [0.1, 0.15) is 12.0 Å². The van der Waals surface area contributed by atoms with Crippen LogP contribution in [-0.4, -0.2) is 21.6 Å². The second-order valence-corrected chi connectivity index (χ2v) is 15.1. The fraction of sp³-hybridized carbons (Fsp3) is 0.0182. The number of benzene rings is 9. The Morgan fingerprint density at radius 3 is 1.63 bits per heavy atom. The smallest absolute Gasteiger partial charge is 0.160 e. The van der Waals surface area contributed by atoms with Crippen molar-refractivity contribution in [3.05, 3.63) is 229 Å². The van der Waals surface area contributed by atoms with Crippen LogP contribution >= 0.6 is 0 Å². The van der Waals surface area contributed by atoms with Crippen LogP contribution in [0.15, 0.2) is 222 Å². The first kappa shape index (κ1) is 35.2. The molecule has 0 fully saturated rings. The third-order valence-electron chi connectivity index (χ3n) is 11.3. The Morgan fingerprint density at radius 2 is 0.900 bits per heavy atom. The number of nitrogens with one attached hydrogen (secondary N) is 1. The molecule has 0 bridgehead atoms. The molecule has 5 heteroatoms. The zero-order valence-corrected chi connectivity index (χ0v) is 32.6. The summed E-state index contributed by atoms with van der Waals surface area (Å²) in [4.78, 5) is 20.7. The van der Waals surface area contributed by atoms with Gasteiger partial charge in [-0.2, -0.15) is 0 Å². The van der Waals surface area contributed by atoms with Crippen LogP contribution in [0.4, 0.5) is 0 Å². The van der Waals surface area contributed by atoms with Crippen LogP contribution < -0.4 is 5.32 Å². The Morgan fingerprint density at radius 1 is 0.367 bits per heavy atom. The molecule has 1 atom stereocenters. The Bertz CT molecular complexity index is 3270. The monoisotopic (exact) mass is 767 g/mol. The lowest BCUT2D eigenvalue weighted by Crippen LogP contribution is -2.33. The van der Waals surface area contributed by atoms with E-state index in [1.807, 2.05) is 42.5 Å². The summed E-state index contributed by atoms with van der Waals surface area (Å²) >= 11 is 0. The molecule has 9 aromatic carbocycles. The van der Waals surface area contributed by atoms with Gasteiger partial charge in [-0.05, 0) is 55.6 Å². The molecule has 1 N–H and O–H groups in total. The number of nitrogens with zero attached hydrogens (tertiary/aromatic N) is 4. The lowest BCUT2D eigenvalue weighted by Gasteiger charge is -2.26. The van der Waals surface area contributed by atoms with Crippen molar-refractivity contribution in [3.8, 4) is 45.0 Å². The van der Waals surface area contributed by atoms with Crippen LogP contribution in [0, 0.1) is 0 Å². The van der Waals surface area contributed by atoms with Crippen molar-refractivity contribution in [1.29, 1.82) is 0 Å². The summed E-state index contributed by atoms with van der Waals surface area (Å²) in [6, 6.07) is 74.1. The lowest BCUT2D eigenvalue weighted by molar-refractivity contribution is 0.676. The minimum Gasteiger partial charge on any atom is -0.344 e. The Labute approximate surface area is 348 Å². The summed E-state index contributed by atoms with van der Waals surface area (Å²) in [5, 5.41) is 10.9. The minimum absolute atomic E-state index is 0.388. The summed E-state index contributed by atoms with van der Waals surface area (Å²) in [5.74, 6) is 2.15. The number of aromatic nitrogens is 2. The van der Waals surface area contributed by atoms with E-state index in [9.17, 15) is 0 Å². The molecule has 0 saturated carbocycles. The Hall–Kier alpha value is -8.02. The number of hydrogen-bond donors (Lipinski definition) is 1. The highest BCUT2D eigenvalue weighted by Crippen LogP contribution is 2.39. The highest BCUT2D eigenvalue weighted by molar-refractivity contribution is 6.13. The van der Waals surface area contributed by atoms with Gasteiger partial charge in [0.25, 0.3) is 0 Å². The molecular formula is C55H37N5. The van der Waals surface area contributed by atoms with Crippen molar-refractivity contribution in [1.82, 2.24) is 15.3 Å². The number of rotatable bonds is 7. The molecule has 0 spiro atoms. The lowest BCUT2D eigenvalue weighted by atomic mass is 9.91. The maximum absolute atomic E-state index is 5.26. The molecule has 1 unspecified atom stereocenters. The van der Waals surface area contributed by atoms with Crippen LogP contribution in [-0.2, 0) is 0 Å². The second-order valence-electron chi connectivity index (χ2n) is 15.1. The summed E-state index contributed by atoms with van der Waals surface area (Å²) in [5.41, 5.74) is 10.0. The van der Waals surface area contributed by atoms with Crippen molar-refractivity contribution < 1.29 is 0 Å². The van der Waals surface area contributed by atoms with Crippen molar-refractivity contribution in [2.24, 2.45) is 9.98 Å². The Balaban J connectivity index is 1.02. The first-order chi connectivity index (χ1) is 29.7. The van der Waals surface area contributed by atoms with Gasteiger partial charge >= 0.3 is 0 Å². The normalized spacial score (nSPS) is 13.8. The van der Waals surface area contributed by atoms with E-state index in [0.29, 0.717) is 11.7 Å². The fourth-order valence-corrected chi connectivity index (χ4v) is 8.35. The third kappa shape index (κ3) is 6.58. The summed E-state index contributed by atoms with van der Waals surface area (Å²) in [7, 11) is 0. The molecule has 1 aliphatic rings. The molecule has 1 aromatic heterocycles. The van der Waals surface area contributed by atoms with Crippen LogP contribution in [0.2, 0.25) is 0 Å². The van der Waals surface area contributed by atoms with Gasteiger partial charge < -0.3 is 5.32 Å². The van der Waals surface area contributed by atoms with Gasteiger partial charge in [0.15, 0.2) is 11.7 Å². The average Bonchev–Trinajstić information content (AvgIpc) is 3.34. The molecular weight excluding hydrogens is 731 g/mol. The predicted octanol–water partition coefficient (Wildman–Crippen LogP) is 13.1. The topological polar surface area (TPSA) is 62.5 Å². The van der Waals surface area contributed by atoms with E-state index in [1.54, 1.807) is 0 Å². The number of fused-ring (bicyclic) bond motifs is 4. The van der Waals surface area contributed by atoms with Crippen LogP contribution in [0.5, 0.6) is 0 Å². The Kier molecular flexibility index (Phi) is 8.82. The summed E-state index contributed by atoms with van der Waals surface area (Å²) < 4.78 is 0. The predicted molar refractivity (Wildman–Crippen MR) is 248 cm³/mol. The molecule has 0 aliphatic carbocycles. The molecule has 2 heterocycles. The minimum atomic E-state index is -0.388. The molecule has 10 aromatic rings. The maximum Gasteiger partial charge on any atom is 0.160 e. The SMILES string of the molecule is c1ccc(C2=NC(c3ccc4ccccc4c3-c3ccc(-c4nc(-c5ccccc5)cc(-c5ccc6c(ccc7ccccc76)c5)n4)cc3)NC(c3ccccc3)=N2)cc1. The van der Waals surface area contributed by atoms with Gasteiger partial charge in [-0.15, -0.1) is 0 Å². The third-order valence-corrected chi connectivity index (χ3v) is 11.3. The summed E-state index contributed by atoms with van der Waals surface area (Å²) in [6.07, 6.45) is -0.388. The maximum atomic E-state index is 5.26. The molecule has 0 radical (unpaired) electrons. The van der Waals surface area contributed by atoms with E-state index in [1.165, 1.54) is 21.5 Å². The zero-order valence-electron chi connectivity index (χ0n) is 32.6. The number of hydrogen-bond acceptors (Lipinski definition) is 5. The molecule has 282 valence electrons. The van der Waals surface area contributed by atoms with Crippen LogP contribution in [0.25, 0.3) is 77.3 Å². The van der Waals surface area contributed by atoms with Crippen molar-refractivity contribution in [2.75, 3.05) is 0 Å². The molecule has 0 saturated heterocycles. The van der Waals surface area contributed by atoms with Gasteiger partial charge in [-0.3, -0.25) is 0 Å².